The first-order valence-corrected chi connectivity index (χ1v) is 8.27. The van der Waals surface area contributed by atoms with E-state index >= 15 is 0 Å². The summed E-state index contributed by atoms with van der Waals surface area (Å²) in [6.07, 6.45) is 1.25. The molecule has 4 amide bonds. The fraction of sp³-hybridized carbons (Fsp3) is 0.0556. The van der Waals surface area contributed by atoms with E-state index in [1.165, 1.54) is 37.5 Å². The number of nitrogens with zero attached hydrogens (tertiary/aromatic N) is 1. The Morgan fingerprint density at radius 1 is 1.07 bits per heavy atom. The number of hydrogen-bond acceptors (Lipinski definition) is 4. The van der Waals surface area contributed by atoms with Gasteiger partial charge >= 0.3 is 6.03 Å². The van der Waals surface area contributed by atoms with Gasteiger partial charge in [-0.05, 0) is 48.0 Å². The maximum Gasteiger partial charge on any atom is 0.335 e. The zero-order chi connectivity index (χ0) is 19.7. The molecule has 6 nitrogen and oxygen atoms in total. The van der Waals surface area contributed by atoms with Crippen molar-refractivity contribution in [1.29, 1.82) is 0 Å². The molecule has 0 radical (unpaired) electrons. The summed E-state index contributed by atoms with van der Waals surface area (Å²) in [7, 11) is 1.40. The minimum absolute atomic E-state index is 0.114. The summed E-state index contributed by atoms with van der Waals surface area (Å²) in [5.41, 5.74) is 0.164. The van der Waals surface area contributed by atoms with Crippen LogP contribution in [0.3, 0.4) is 0 Å². The first-order chi connectivity index (χ1) is 12.8. The van der Waals surface area contributed by atoms with E-state index in [4.69, 9.17) is 27.9 Å². The fourth-order valence-electron chi connectivity index (χ4n) is 2.51. The lowest BCUT2D eigenvalue weighted by Crippen LogP contribution is -2.54. The van der Waals surface area contributed by atoms with Crippen molar-refractivity contribution >= 4 is 52.8 Å². The van der Waals surface area contributed by atoms with Crippen molar-refractivity contribution in [2.24, 2.45) is 0 Å². The molecule has 1 saturated heterocycles. The molecule has 0 spiro atoms. The molecule has 1 N–H and O–H groups in total. The van der Waals surface area contributed by atoms with Gasteiger partial charge in [-0.25, -0.2) is 14.1 Å². The highest BCUT2D eigenvalue weighted by atomic mass is 35.5. The number of rotatable bonds is 3. The summed E-state index contributed by atoms with van der Waals surface area (Å²) in [6, 6.07) is 6.68. The maximum atomic E-state index is 13.1. The molecule has 2 aromatic carbocycles. The van der Waals surface area contributed by atoms with Crippen molar-refractivity contribution in [1.82, 2.24) is 5.32 Å². The van der Waals surface area contributed by atoms with Crippen LogP contribution < -0.4 is 15.0 Å². The molecule has 0 bridgehead atoms. The van der Waals surface area contributed by atoms with E-state index in [2.05, 4.69) is 5.32 Å². The summed E-state index contributed by atoms with van der Waals surface area (Å²) in [4.78, 5) is 37.7. The maximum absolute atomic E-state index is 13.1. The first kappa shape index (κ1) is 18.9. The van der Waals surface area contributed by atoms with Gasteiger partial charge in [-0.15, -0.1) is 0 Å². The van der Waals surface area contributed by atoms with Crippen molar-refractivity contribution in [3.05, 3.63) is 63.4 Å². The van der Waals surface area contributed by atoms with Crippen LogP contribution in [0.25, 0.3) is 6.08 Å². The van der Waals surface area contributed by atoms with Gasteiger partial charge in [0.25, 0.3) is 11.8 Å². The number of nitrogens with one attached hydrogen (secondary N) is 1. The molecular formula is C18H11Cl2FN2O4. The van der Waals surface area contributed by atoms with Crippen LogP contribution >= 0.6 is 23.2 Å². The second kappa shape index (κ2) is 7.38. The average Bonchev–Trinajstić information content (AvgIpc) is 2.60. The molecule has 1 aliphatic rings. The van der Waals surface area contributed by atoms with Gasteiger partial charge in [-0.1, -0.05) is 23.2 Å². The number of hydrogen-bond donors (Lipinski definition) is 1. The fourth-order valence-corrected chi connectivity index (χ4v) is 3.16. The number of halogens is 3. The highest BCUT2D eigenvalue weighted by molar-refractivity contribution is 6.40. The number of carbonyl (C=O) groups excluding carboxylic acids is 3. The van der Waals surface area contributed by atoms with Crippen LogP contribution in [0.2, 0.25) is 10.0 Å². The Hall–Kier alpha value is -2.90. The molecule has 0 aliphatic carbocycles. The van der Waals surface area contributed by atoms with Crippen LogP contribution in [0.5, 0.6) is 5.75 Å². The van der Waals surface area contributed by atoms with Crippen LogP contribution in [-0.4, -0.2) is 25.0 Å². The average molecular weight is 409 g/mol. The van der Waals surface area contributed by atoms with Gasteiger partial charge < -0.3 is 4.74 Å². The van der Waals surface area contributed by atoms with Gasteiger partial charge in [0.2, 0.25) is 0 Å². The molecular weight excluding hydrogens is 398 g/mol. The third-order valence-corrected chi connectivity index (χ3v) is 4.28. The van der Waals surface area contributed by atoms with E-state index in [0.717, 1.165) is 17.0 Å². The lowest BCUT2D eigenvalue weighted by Gasteiger charge is -2.26. The molecule has 1 aliphatic heterocycles. The highest BCUT2D eigenvalue weighted by Crippen LogP contribution is 2.34. The Kier molecular flexibility index (Phi) is 5.16. The van der Waals surface area contributed by atoms with Crippen molar-refractivity contribution < 1.29 is 23.5 Å². The third kappa shape index (κ3) is 3.65. The van der Waals surface area contributed by atoms with Crippen molar-refractivity contribution in [2.75, 3.05) is 12.0 Å². The molecule has 138 valence electrons. The Labute approximate surface area is 163 Å². The van der Waals surface area contributed by atoms with Crippen molar-refractivity contribution in [3.8, 4) is 5.75 Å². The lowest BCUT2D eigenvalue weighted by molar-refractivity contribution is -0.122. The number of imide groups is 2. The monoisotopic (exact) mass is 408 g/mol. The first-order valence-electron chi connectivity index (χ1n) is 7.52. The summed E-state index contributed by atoms with van der Waals surface area (Å²) < 4.78 is 18.2. The molecule has 0 aromatic heterocycles. The van der Waals surface area contributed by atoms with Gasteiger partial charge in [0.1, 0.15) is 11.4 Å². The number of methoxy groups -OCH3 is 1. The SMILES string of the molecule is COc1c(Cl)cc(/C=C2/C(=O)NC(=O)N(c3ccc(F)cc3)C2=O)cc1Cl. The Balaban J connectivity index is 2.03. The number of benzene rings is 2. The molecule has 2 aromatic rings. The molecule has 0 atom stereocenters. The van der Waals surface area contributed by atoms with Gasteiger partial charge in [0.15, 0.2) is 5.75 Å². The van der Waals surface area contributed by atoms with E-state index in [1.54, 1.807) is 0 Å². The highest BCUT2D eigenvalue weighted by Gasteiger charge is 2.36. The Morgan fingerprint density at radius 3 is 2.22 bits per heavy atom. The zero-order valence-electron chi connectivity index (χ0n) is 13.8. The minimum atomic E-state index is -0.931. The van der Waals surface area contributed by atoms with E-state index in [9.17, 15) is 18.8 Å². The lowest BCUT2D eigenvalue weighted by atomic mass is 10.1. The summed E-state index contributed by atoms with van der Waals surface area (Å²) in [5, 5.41) is 2.44. The van der Waals surface area contributed by atoms with Gasteiger partial charge in [0, 0.05) is 0 Å². The smallest absolute Gasteiger partial charge is 0.335 e. The number of amides is 4. The van der Waals surface area contributed by atoms with Crippen LogP contribution in [0.15, 0.2) is 42.0 Å². The second-order valence-corrected chi connectivity index (χ2v) is 6.27. The number of barbiturate groups is 1. The molecule has 3 rings (SSSR count). The van der Waals surface area contributed by atoms with Crippen LogP contribution in [-0.2, 0) is 9.59 Å². The van der Waals surface area contributed by atoms with Crippen molar-refractivity contribution in [3.63, 3.8) is 0 Å². The molecule has 0 saturated carbocycles. The normalized spacial score (nSPS) is 15.9. The second-order valence-electron chi connectivity index (χ2n) is 5.45. The summed E-state index contributed by atoms with van der Waals surface area (Å²) in [5.74, 6) is -2.01. The largest absolute Gasteiger partial charge is 0.494 e. The molecule has 1 heterocycles. The van der Waals surface area contributed by atoms with Gasteiger partial charge in [-0.3, -0.25) is 14.9 Å². The number of anilines is 1. The minimum Gasteiger partial charge on any atom is -0.494 e. The number of urea groups is 1. The van der Waals surface area contributed by atoms with E-state index in [0.29, 0.717) is 5.56 Å². The predicted octanol–water partition coefficient (Wildman–Crippen LogP) is 3.81. The standard InChI is InChI=1S/C18H11Cl2FN2O4/c1-27-15-13(19)7-9(8-14(15)20)6-12-16(24)22-18(26)23(17(12)25)11-4-2-10(21)3-5-11/h2-8H,1H3,(H,22,24,26)/b12-6-. The third-order valence-electron chi connectivity index (χ3n) is 3.72. The Morgan fingerprint density at radius 2 is 1.67 bits per heavy atom. The number of ether oxygens (including phenoxy) is 1. The van der Waals surface area contributed by atoms with Crippen LogP contribution in [0.1, 0.15) is 5.56 Å². The molecule has 9 heteroatoms. The zero-order valence-corrected chi connectivity index (χ0v) is 15.3. The molecule has 0 unspecified atom stereocenters. The Bertz CT molecular complexity index is 966. The summed E-state index contributed by atoms with van der Waals surface area (Å²) in [6.45, 7) is 0. The van der Waals surface area contributed by atoms with E-state index in [1.807, 2.05) is 0 Å². The summed E-state index contributed by atoms with van der Waals surface area (Å²) >= 11 is 12.1. The number of carbonyl (C=O) groups is 3. The van der Waals surface area contributed by atoms with E-state index < -0.39 is 23.7 Å². The molecule has 1 fully saturated rings. The van der Waals surface area contributed by atoms with Crippen LogP contribution in [0.4, 0.5) is 14.9 Å². The van der Waals surface area contributed by atoms with Crippen molar-refractivity contribution in [2.45, 2.75) is 0 Å². The quantitative estimate of drug-likeness (QED) is 0.618. The van der Waals surface area contributed by atoms with E-state index in [-0.39, 0.29) is 27.1 Å². The van der Waals surface area contributed by atoms with Crippen LogP contribution in [0, 0.1) is 5.82 Å². The predicted molar refractivity (Wildman–Crippen MR) is 98.4 cm³/mol. The van der Waals surface area contributed by atoms with Gasteiger partial charge in [-0.2, -0.15) is 0 Å². The molecule has 27 heavy (non-hydrogen) atoms. The topological polar surface area (TPSA) is 75.7 Å². The van der Waals surface area contributed by atoms with Gasteiger partial charge in [0.05, 0.1) is 22.8 Å².